The lowest BCUT2D eigenvalue weighted by Crippen LogP contribution is -2.27. The number of hydrazone groups is 1. The summed E-state index contributed by atoms with van der Waals surface area (Å²) in [7, 11) is 0. The SMILES string of the molecule is CC1=NN(c2ccc(OCCCN3CCCC3)cc2)C(CC(C)C)C1. The number of benzene rings is 1. The smallest absolute Gasteiger partial charge is 0.119 e. The Hall–Kier alpha value is -1.55. The first-order valence-electron chi connectivity index (χ1n) is 9.90. The average Bonchev–Trinajstić information content (AvgIpc) is 3.21. The molecule has 0 aliphatic carbocycles. The van der Waals surface area contributed by atoms with Gasteiger partial charge in [0, 0.05) is 18.7 Å². The van der Waals surface area contributed by atoms with Crippen LogP contribution in [-0.4, -0.2) is 42.9 Å². The van der Waals surface area contributed by atoms with Crippen LogP contribution >= 0.6 is 0 Å². The molecule has 2 aliphatic rings. The highest BCUT2D eigenvalue weighted by Crippen LogP contribution is 2.29. The molecule has 0 amide bonds. The van der Waals surface area contributed by atoms with Gasteiger partial charge >= 0.3 is 0 Å². The van der Waals surface area contributed by atoms with Gasteiger partial charge < -0.3 is 9.64 Å². The topological polar surface area (TPSA) is 28.1 Å². The molecular formula is C21H33N3O. The summed E-state index contributed by atoms with van der Waals surface area (Å²) < 4.78 is 5.91. The number of hydrogen-bond acceptors (Lipinski definition) is 4. The Morgan fingerprint density at radius 1 is 1.16 bits per heavy atom. The van der Waals surface area contributed by atoms with Gasteiger partial charge in [0.1, 0.15) is 5.75 Å². The lowest BCUT2D eigenvalue weighted by molar-refractivity contribution is 0.263. The standard InChI is InChI=1S/C21H33N3O/c1-17(2)15-20-16-18(3)22-24(20)19-7-9-21(10-8-19)25-14-6-13-23-11-4-5-12-23/h7-10,17,20H,4-6,11-16H2,1-3H3. The molecular weight excluding hydrogens is 310 g/mol. The second-order valence-corrected chi connectivity index (χ2v) is 7.91. The van der Waals surface area contributed by atoms with E-state index in [2.05, 4.69) is 54.9 Å². The number of ether oxygens (including phenoxy) is 1. The molecule has 1 saturated heterocycles. The van der Waals surface area contributed by atoms with Crippen molar-refractivity contribution in [1.82, 2.24) is 4.90 Å². The normalized spacial score (nSPS) is 21.2. The molecule has 1 aromatic carbocycles. The van der Waals surface area contributed by atoms with Crippen LogP contribution in [-0.2, 0) is 0 Å². The second kappa shape index (κ2) is 8.70. The van der Waals surface area contributed by atoms with Gasteiger partial charge in [-0.05, 0) is 75.9 Å². The fourth-order valence-corrected chi connectivity index (χ4v) is 3.91. The van der Waals surface area contributed by atoms with Crippen LogP contribution in [0.2, 0.25) is 0 Å². The second-order valence-electron chi connectivity index (χ2n) is 7.91. The highest BCUT2D eigenvalue weighted by atomic mass is 16.5. The third-order valence-corrected chi connectivity index (χ3v) is 5.09. The van der Waals surface area contributed by atoms with Gasteiger partial charge in [0.15, 0.2) is 0 Å². The average molecular weight is 344 g/mol. The van der Waals surface area contributed by atoms with Crippen LogP contribution in [0, 0.1) is 5.92 Å². The van der Waals surface area contributed by atoms with Gasteiger partial charge in [-0.1, -0.05) is 13.8 Å². The third-order valence-electron chi connectivity index (χ3n) is 5.09. The van der Waals surface area contributed by atoms with Crippen LogP contribution in [0.1, 0.15) is 52.9 Å². The lowest BCUT2D eigenvalue weighted by Gasteiger charge is -2.25. The first-order chi connectivity index (χ1) is 12.1. The van der Waals surface area contributed by atoms with E-state index in [9.17, 15) is 0 Å². The maximum absolute atomic E-state index is 5.91. The van der Waals surface area contributed by atoms with Crippen molar-refractivity contribution in [2.24, 2.45) is 11.0 Å². The minimum atomic E-state index is 0.493. The van der Waals surface area contributed by atoms with Crippen LogP contribution < -0.4 is 9.75 Å². The molecule has 1 unspecified atom stereocenters. The predicted octanol–water partition coefficient (Wildman–Crippen LogP) is 4.55. The Morgan fingerprint density at radius 3 is 2.56 bits per heavy atom. The van der Waals surface area contributed by atoms with Gasteiger partial charge in [-0.25, -0.2) is 0 Å². The molecule has 2 heterocycles. The Labute approximate surface area is 152 Å². The van der Waals surface area contributed by atoms with Crippen molar-refractivity contribution >= 4 is 11.4 Å². The number of anilines is 1. The van der Waals surface area contributed by atoms with Crippen LogP contribution in [0.4, 0.5) is 5.69 Å². The molecule has 0 aromatic heterocycles. The zero-order chi connectivity index (χ0) is 17.6. The highest BCUT2D eigenvalue weighted by molar-refractivity contribution is 5.86. The number of likely N-dealkylation sites (tertiary alicyclic amines) is 1. The Kier molecular flexibility index (Phi) is 6.35. The van der Waals surface area contributed by atoms with Crippen molar-refractivity contribution < 1.29 is 4.74 Å². The summed E-state index contributed by atoms with van der Waals surface area (Å²) in [6.07, 6.45) is 6.08. The van der Waals surface area contributed by atoms with E-state index in [-0.39, 0.29) is 0 Å². The lowest BCUT2D eigenvalue weighted by atomic mass is 10.00. The predicted molar refractivity (Wildman–Crippen MR) is 106 cm³/mol. The molecule has 4 nitrogen and oxygen atoms in total. The largest absolute Gasteiger partial charge is 0.494 e. The van der Waals surface area contributed by atoms with E-state index in [0.717, 1.165) is 31.7 Å². The van der Waals surface area contributed by atoms with Crippen molar-refractivity contribution in [3.05, 3.63) is 24.3 Å². The molecule has 138 valence electrons. The molecule has 0 radical (unpaired) electrons. The molecule has 1 atom stereocenters. The molecule has 0 N–H and O–H groups in total. The highest BCUT2D eigenvalue weighted by Gasteiger charge is 2.26. The molecule has 0 bridgehead atoms. The van der Waals surface area contributed by atoms with Gasteiger partial charge in [-0.2, -0.15) is 5.10 Å². The van der Waals surface area contributed by atoms with Crippen LogP contribution in [0.15, 0.2) is 29.4 Å². The van der Waals surface area contributed by atoms with Gasteiger partial charge in [0.05, 0.1) is 18.3 Å². The van der Waals surface area contributed by atoms with Crippen LogP contribution in [0.25, 0.3) is 0 Å². The molecule has 1 aromatic rings. The van der Waals surface area contributed by atoms with E-state index < -0.39 is 0 Å². The van der Waals surface area contributed by atoms with E-state index in [1.54, 1.807) is 0 Å². The van der Waals surface area contributed by atoms with Gasteiger partial charge in [0.25, 0.3) is 0 Å². The summed E-state index contributed by atoms with van der Waals surface area (Å²) in [5.74, 6) is 1.65. The first kappa shape index (κ1) is 18.2. The maximum atomic E-state index is 5.91. The van der Waals surface area contributed by atoms with E-state index >= 15 is 0 Å². The number of hydrogen-bond donors (Lipinski definition) is 0. The van der Waals surface area contributed by atoms with Crippen molar-refractivity contribution in [1.29, 1.82) is 0 Å². The summed E-state index contributed by atoms with van der Waals surface area (Å²) in [5, 5.41) is 6.95. The fraction of sp³-hybridized carbons (Fsp3) is 0.667. The zero-order valence-corrected chi connectivity index (χ0v) is 16.1. The molecule has 4 heteroatoms. The van der Waals surface area contributed by atoms with Crippen molar-refractivity contribution in [2.75, 3.05) is 31.3 Å². The van der Waals surface area contributed by atoms with Crippen LogP contribution in [0.3, 0.4) is 0 Å². The van der Waals surface area contributed by atoms with Crippen molar-refractivity contribution in [2.45, 2.75) is 58.9 Å². The number of rotatable bonds is 8. The molecule has 1 fully saturated rings. The Balaban J connectivity index is 1.49. The zero-order valence-electron chi connectivity index (χ0n) is 16.1. The first-order valence-corrected chi connectivity index (χ1v) is 9.90. The Morgan fingerprint density at radius 2 is 1.88 bits per heavy atom. The van der Waals surface area contributed by atoms with E-state index in [0.29, 0.717) is 12.0 Å². The Bertz CT molecular complexity index is 561. The summed E-state index contributed by atoms with van der Waals surface area (Å²) in [4.78, 5) is 2.54. The minimum Gasteiger partial charge on any atom is -0.494 e. The van der Waals surface area contributed by atoms with Gasteiger partial charge in [-0.3, -0.25) is 5.01 Å². The molecule has 25 heavy (non-hydrogen) atoms. The molecule has 0 saturated carbocycles. The molecule has 2 aliphatic heterocycles. The van der Waals surface area contributed by atoms with Gasteiger partial charge in [0.2, 0.25) is 0 Å². The summed E-state index contributed by atoms with van der Waals surface area (Å²) >= 11 is 0. The summed E-state index contributed by atoms with van der Waals surface area (Å²) in [5.41, 5.74) is 2.40. The fourth-order valence-electron chi connectivity index (χ4n) is 3.91. The monoisotopic (exact) mass is 343 g/mol. The summed E-state index contributed by atoms with van der Waals surface area (Å²) in [6, 6.07) is 8.95. The minimum absolute atomic E-state index is 0.493. The third kappa shape index (κ3) is 5.21. The maximum Gasteiger partial charge on any atom is 0.119 e. The van der Waals surface area contributed by atoms with E-state index in [4.69, 9.17) is 9.84 Å². The van der Waals surface area contributed by atoms with Crippen LogP contribution in [0.5, 0.6) is 5.75 Å². The van der Waals surface area contributed by atoms with Crippen molar-refractivity contribution in [3.8, 4) is 5.75 Å². The molecule has 0 spiro atoms. The quantitative estimate of drug-likeness (QED) is 0.648. The number of nitrogens with zero attached hydrogens (tertiary/aromatic N) is 3. The van der Waals surface area contributed by atoms with Crippen molar-refractivity contribution in [3.63, 3.8) is 0 Å². The van der Waals surface area contributed by atoms with Gasteiger partial charge in [-0.15, -0.1) is 0 Å². The van der Waals surface area contributed by atoms with E-state index in [1.807, 2.05) is 0 Å². The van der Waals surface area contributed by atoms with E-state index in [1.165, 1.54) is 43.8 Å². The molecule has 3 rings (SSSR count). The summed E-state index contributed by atoms with van der Waals surface area (Å²) in [6.45, 7) is 11.2.